The Morgan fingerprint density at radius 1 is 1.35 bits per heavy atom. The van der Waals surface area contributed by atoms with Gasteiger partial charge in [0.2, 0.25) is 0 Å². The number of morpholine rings is 1. The van der Waals surface area contributed by atoms with E-state index in [-0.39, 0.29) is 5.50 Å². The van der Waals surface area contributed by atoms with Crippen molar-refractivity contribution in [1.29, 1.82) is 0 Å². The van der Waals surface area contributed by atoms with Gasteiger partial charge in [0.15, 0.2) is 0 Å². The minimum atomic E-state index is -0.179. The number of halogens is 1. The zero-order valence-corrected chi connectivity index (χ0v) is 10.2. The van der Waals surface area contributed by atoms with Gasteiger partial charge in [0, 0.05) is 24.3 Å². The lowest BCUT2D eigenvalue weighted by Gasteiger charge is -2.29. The van der Waals surface area contributed by atoms with Crippen molar-refractivity contribution in [2.75, 3.05) is 31.2 Å². The topological polar surface area (TPSA) is 36.9 Å². The average Bonchev–Trinajstić information content (AvgIpc) is 2.40. The van der Waals surface area contributed by atoms with E-state index in [2.05, 4.69) is 27.3 Å². The first-order valence-corrected chi connectivity index (χ1v) is 6.17. The second-order valence-electron chi connectivity index (χ2n) is 4.13. The molecule has 2 heterocycles. The zero-order valence-electron chi connectivity index (χ0n) is 9.40. The van der Waals surface area contributed by atoms with Gasteiger partial charge in [-0.25, -0.2) is 4.99 Å². The highest BCUT2D eigenvalue weighted by Gasteiger charge is 2.17. The lowest BCUT2D eigenvalue weighted by Crippen LogP contribution is -2.36. The zero-order chi connectivity index (χ0) is 11.7. The number of alkyl halides is 1. The number of benzene rings is 1. The quantitative estimate of drug-likeness (QED) is 0.613. The number of nitrogens with one attached hydrogen (secondary N) is 1. The molecule has 1 atom stereocenters. The first kappa shape index (κ1) is 10.9. The van der Waals surface area contributed by atoms with Crippen LogP contribution >= 0.6 is 11.6 Å². The summed E-state index contributed by atoms with van der Waals surface area (Å²) < 4.78 is 5.35. The van der Waals surface area contributed by atoms with Gasteiger partial charge in [-0.15, -0.1) is 0 Å². The number of nitrogens with zero attached hydrogens (tertiary/aromatic N) is 2. The Kier molecular flexibility index (Phi) is 2.91. The second-order valence-corrected chi connectivity index (χ2v) is 4.57. The van der Waals surface area contributed by atoms with Crippen molar-refractivity contribution in [2.45, 2.75) is 5.50 Å². The van der Waals surface area contributed by atoms with Crippen molar-refractivity contribution in [3.8, 4) is 0 Å². The SMILES string of the molecule is ClC1NC=Nc2cc(N3CCOCC3)ccc21. The molecule has 0 amide bonds. The van der Waals surface area contributed by atoms with E-state index < -0.39 is 0 Å². The molecule has 1 aromatic rings. The number of aliphatic imine (C=N–C) groups is 1. The van der Waals surface area contributed by atoms with Crippen LogP contribution in [0.3, 0.4) is 0 Å². The lowest BCUT2D eigenvalue weighted by atomic mass is 10.1. The van der Waals surface area contributed by atoms with Crippen molar-refractivity contribution in [1.82, 2.24) is 5.32 Å². The van der Waals surface area contributed by atoms with Crippen LogP contribution in [-0.2, 0) is 4.74 Å². The molecule has 90 valence electrons. The van der Waals surface area contributed by atoms with E-state index in [0.717, 1.165) is 37.6 Å². The second kappa shape index (κ2) is 4.55. The van der Waals surface area contributed by atoms with Crippen LogP contribution in [0.5, 0.6) is 0 Å². The predicted molar refractivity (Wildman–Crippen MR) is 69.4 cm³/mol. The molecule has 1 N–H and O–H groups in total. The van der Waals surface area contributed by atoms with Gasteiger partial charge in [-0.05, 0) is 12.1 Å². The van der Waals surface area contributed by atoms with Gasteiger partial charge < -0.3 is 15.0 Å². The minimum Gasteiger partial charge on any atom is -0.378 e. The Labute approximate surface area is 105 Å². The maximum atomic E-state index is 6.15. The van der Waals surface area contributed by atoms with Crippen LogP contribution in [0, 0.1) is 0 Å². The number of rotatable bonds is 1. The summed E-state index contributed by atoms with van der Waals surface area (Å²) in [4.78, 5) is 6.63. The molecule has 2 aliphatic heterocycles. The Hall–Kier alpha value is -1.26. The Morgan fingerprint density at radius 2 is 2.18 bits per heavy atom. The molecule has 0 aliphatic carbocycles. The predicted octanol–water partition coefficient (Wildman–Crippen LogP) is 2.02. The molecule has 1 fully saturated rings. The van der Waals surface area contributed by atoms with E-state index >= 15 is 0 Å². The first-order valence-electron chi connectivity index (χ1n) is 5.74. The normalized spacial score (nSPS) is 23.1. The van der Waals surface area contributed by atoms with E-state index in [1.807, 2.05) is 6.07 Å². The third kappa shape index (κ3) is 2.10. The van der Waals surface area contributed by atoms with Crippen molar-refractivity contribution in [3.05, 3.63) is 23.8 Å². The number of fused-ring (bicyclic) bond motifs is 1. The molecule has 2 aliphatic rings. The molecule has 0 bridgehead atoms. The van der Waals surface area contributed by atoms with Crippen LogP contribution < -0.4 is 10.2 Å². The Bertz CT molecular complexity index is 443. The fourth-order valence-corrected chi connectivity index (χ4v) is 2.38. The van der Waals surface area contributed by atoms with Crippen molar-refractivity contribution >= 4 is 29.3 Å². The van der Waals surface area contributed by atoms with Gasteiger partial charge in [0.1, 0.15) is 5.50 Å². The van der Waals surface area contributed by atoms with Crippen LogP contribution in [0.2, 0.25) is 0 Å². The summed E-state index contributed by atoms with van der Waals surface area (Å²) >= 11 is 6.15. The maximum absolute atomic E-state index is 6.15. The molecular formula is C12H14ClN3O. The van der Waals surface area contributed by atoms with Crippen LogP contribution in [-0.4, -0.2) is 32.6 Å². The number of anilines is 1. The smallest absolute Gasteiger partial charge is 0.130 e. The van der Waals surface area contributed by atoms with Crippen molar-refractivity contribution in [3.63, 3.8) is 0 Å². The van der Waals surface area contributed by atoms with Crippen molar-refractivity contribution in [2.24, 2.45) is 4.99 Å². The fraction of sp³-hybridized carbons (Fsp3) is 0.417. The summed E-state index contributed by atoms with van der Waals surface area (Å²) in [6.07, 6.45) is 1.66. The monoisotopic (exact) mass is 251 g/mol. The molecule has 0 radical (unpaired) electrons. The third-order valence-corrected chi connectivity index (χ3v) is 3.45. The van der Waals surface area contributed by atoms with Gasteiger partial charge in [0.05, 0.1) is 25.2 Å². The fourth-order valence-electron chi connectivity index (χ4n) is 2.14. The van der Waals surface area contributed by atoms with Crippen LogP contribution in [0.1, 0.15) is 11.1 Å². The van der Waals surface area contributed by atoms with Crippen LogP contribution in [0.25, 0.3) is 0 Å². The Balaban J connectivity index is 1.90. The van der Waals surface area contributed by atoms with E-state index in [9.17, 15) is 0 Å². The van der Waals surface area contributed by atoms with E-state index in [4.69, 9.17) is 16.3 Å². The molecule has 1 unspecified atom stereocenters. The van der Waals surface area contributed by atoms with Crippen LogP contribution in [0.15, 0.2) is 23.2 Å². The molecule has 17 heavy (non-hydrogen) atoms. The summed E-state index contributed by atoms with van der Waals surface area (Å²) in [5, 5.41) is 2.98. The summed E-state index contributed by atoms with van der Waals surface area (Å²) in [5.41, 5.74) is 3.00. The minimum absolute atomic E-state index is 0.179. The van der Waals surface area contributed by atoms with Gasteiger partial charge in [-0.2, -0.15) is 0 Å². The maximum Gasteiger partial charge on any atom is 0.130 e. The number of ether oxygens (including phenoxy) is 1. The van der Waals surface area contributed by atoms with Gasteiger partial charge in [-0.1, -0.05) is 17.7 Å². The molecule has 0 saturated carbocycles. The number of hydrogen-bond acceptors (Lipinski definition) is 4. The standard InChI is InChI=1S/C12H14ClN3O/c13-12-10-2-1-9(7-11(10)14-8-15-12)16-3-5-17-6-4-16/h1-2,7-8,12H,3-6H2,(H,14,15). The average molecular weight is 252 g/mol. The molecule has 1 aromatic carbocycles. The molecule has 0 spiro atoms. The molecule has 0 aromatic heterocycles. The highest BCUT2D eigenvalue weighted by molar-refractivity contribution is 6.21. The third-order valence-electron chi connectivity index (χ3n) is 3.09. The van der Waals surface area contributed by atoms with Crippen LogP contribution in [0.4, 0.5) is 11.4 Å². The van der Waals surface area contributed by atoms with Gasteiger partial charge in [-0.3, -0.25) is 0 Å². The molecule has 4 nitrogen and oxygen atoms in total. The van der Waals surface area contributed by atoms with Gasteiger partial charge in [0.25, 0.3) is 0 Å². The molecule has 3 rings (SSSR count). The number of hydrogen-bond donors (Lipinski definition) is 1. The highest BCUT2D eigenvalue weighted by Crippen LogP contribution is 2.33. The highest BCUT2D eigenvalue weighted by atomic mass is 35.5. The van der Waals surface area contributed by atoms with E-state index in [0.29, 0.717) is 0 Å². The molecule has 1 saturated heterocycles. The summed E-state index contributed by atoms with van der Waals surface area (Å²) in [6.45, 7) is 3.45. The first-order chi connectivity index (χ1) is 8.34. The summed E-state index contributed by atoms with van der Waals surface area (Å²) in [5.74, 6) is 0. The molecule has 5 heteroatoms. The van der Waals surface area contributed by atoms with E-state index in [1.165, 1.54) is 5.69 Å². The molecular weight excluding hydrogens is 238 g/mol. The summed E-state index contributed by atoms with van der Waals surface area (Å²) in [7, 11) is 0. The van der Waals surface area contributed by atoms with Gasteiger partial charge >= 0.3 is 0 Å². The Morgan fingerprint density at radius 3 is 3.00 bits per heavy atom. The van der Waals surface area contributed by atoms with Crippen molar-refractivity contribution < 1.29 is 4.74 Å². The van der Waals surface area contributed by atoms with E-state index in [1.54, 1.807) is 6.34 Å². The largest absolute Gasteiger partial charge is 0.378 e. The lowest BCUT2D eigenvalue weighted by molar-refractivity contribution is 0.122. The summed E-state index contributed by atoms with van der Waals surface area (Å²) in [6, 6.07) is 6.23.